The Morgan fingerprint density at radius 1 is 1.10 bits per heavy atom. The van der Waals surface area contributed by atoms with Crippen LogP contribution in [0.3, 0.4) is 0 Å². The van der Waals surface area contributed by atoms with Gasteiger partial charge >= 0.3 is 0 Å². The Labute approximate surface area is 125 Å². The molecule has 0 aliphatic carbocycles. The highest BCUT2D eigenvalue weighted by molar-refractivity contribution is 5.81. The maximum atomic E-state index is 6.03. The molecule has 0 unspecified atom stereocenters. The second-order valence-corrected chi connectivity index (χ2v) is 5.53. The van der Waals surface area contributed by atoms with Crippen LogP contribution >= 0.6 is 0 Å². The first-order valence-electron chi connectivity index (χ1n) is 7.22. The van der Waals surface area contributed by atoms with Crippen molar-refractivity contribution in [3.05, 3.63) is 60.3 Å². The van der Waals surface area contributed by atoms with E-state index in [4.69, 9.17) is 10.5 Å². The molecular formula is C18H20N2O. The Kier molecular flexibility index (Phi) is 3.57. The summed E-state index contributed by atoms with van der Waals surface area (Å²) in [5.74, 6) is 0.912. The SMILES string of the molecule is CC(C)Oc1ccc2c(ccn2Cc2ccccc2N)c1. The average Bonchev–Trinajstić information content (AvgIpc) is 2.83. The molecule has 0 aliphatic rings. The van der Waals surface area contributed by atoms with Crippen LogP contribution in [0.15, 0.2) is 54.7 Å². The lowest BCUT2D eigenvalue weighted by Crippen LogP contribution is -2.05. The van der Waals surface area contributed by atoms with E-state index in [0.717, 1.165) is 23.5 Å². The van der Waals surface area contributed by atoms with Gasteiger partial charge < -0.3 is 15.0 Å². The van der Waals surface area contributed by atoms with Crippen molar-refractivity contribution in [1.29, 1.82) is 0 Å². The van der Waals surface area contributed by atoms with Gasteiger partial charge in [0.05, 0.1) is 6.10 Å². The van der Waals surface area contributed by atoms with E-state index in [1.807, 2.05) is 38.1 Å². The number of hydrogen-bond donors (Lipinski definition) is 1. The van der Waals surface area contributed by atoms with Gasteiger partial charge in [-0.2, -0.15) is 0 Å². The lowest BCUT2D eigenvalue weighted by molar-refractivity contribution is 0.243. The van der Waals surface area contributed by atoms with Gasteiger partial charge in [-0.25, -0.2) is 0 Å². The summed E-state index contributed by atoms with van der Waals surface area (Å²) in [6.45, 7) is 4.85. The van der Waals surface area contributed by atoms with Crippen LogP contribution in [0, 0.1) is 0 Å². The van der Waals surface area contributed by atoms with Crippen LogP contribution < -0.4 is 10.5 Å². The summed E-state index contributed by atoms with van der Waals surface area (Å²) in [6.07, 6.45) is 2.28. The largest absolute Gasteiger partial charge is 0.491 e. The first-order chi connectivity index (χ1) is 10.1. The van der Waals surface area contributed by atoms with Gasteiger partial charge in [-0.3, -0.25) is 0 Å². The summed E-state index contributed by atoms with van der Waals surface area (Å²) in [6, 6.07) is 16.3. The number of nitrogens with two attached hydrogens (primary N) is 1. The first-order valence-corrected chi connectivity index (χ1v) is 7.22. The fourth-order valence-corrected chi connectivity index (χ4v) is 2.52. The molecule has 108 valence electrons. The molecule has 0 atom stereocenters. The minimum atomic E-state index is 0.189. The molecule has 2 aromatic carbocycles. The molecule has 0 fully saturated rings. The van der Waals surface area contributed by atoms with Crippen molar-refractivity contribution in [2.24, 2.45) is 0 Å². The van der Waals surface area contributed by atoms with E-state index in [0.29, 0.717) is 0 Å². The number of hydrogen-bond acceptors (Lipinski definition) is 2. The molecule has 3 heteroatoms. The van der Waals surface area contributed by atoms with Crippen molar-refractivity contribution in [3.63, 3.8) is 0 Å². The third-order valence-electron chi connectivity index (χ3n) is 3.51. The number of fused-ring (bicyclic) bond motifs is 1. The highest BCUT2D eigenvalue weighted by atomic mass is 16.5. The predicted molar refractivity (Wildman–Crippen MR) is 87.7 cm³/mol. The normalized spacial score (nSPS) is 11.2. The second kappa shape index (κ2) is 5.52. The van der Waals surface area contributed by atoms with Gasteiger partial charge in [-0.05, 0) is 49.7 Å². The number of para-hydroxylation sites is 1. The number of ether oxygens (including phenoxy) is 1. The van der Waals surface area contributed by atoms with Gasteiger partial charge in [0.1, 0.15) is 5.75 Å². The molecule has 2 N–H and O–H groups in total. The van der Waals surface area contributed by atoms with E-state index >= 15 is 0 Å². The van der Waals surface area contributed by atoms with E-state index in [2.05, 4.69) is 35.0 Å². The summed E-state index contributed by atoms with van der Waals surface area (Å²) >= 11 is 0. The Hall–Kier alpha value is -2.42. The molecule has 1 heterocycles. The fourth-order valence-electron chi connectivity index (χ4n) is 2.52. The predicted octanol–water partition coefficient (Wildman–Crippen LogP) is 4.06. The molecule has 0 amide bonds. The monoisotopic (exact) mass is 280 g/mol. The van der Waals surface area contributed by atoms with Crippen LogP contribution in [0.1, 0.15) is 19.4 Å². The molecule has 0 radical (unpaired) electrons. The van der Waals surface area contributed by atoms with Gasteiger partial charge in [0.2, 0.25) is 0 Å². The summed E-state index contributed by atoms with van der Waals surface area (Å²) in [5, 5.41) is 1.18. The van der Waals surface area contributed by atoms with Gasteiger partial charge in [0.15, 0.2) is 0 Å². The molecule has 21 heavy (non-hydrogen) atoms. The molecule has 3 nitrogen and oxygen atoms in total. The van der Waals surface area contributed by atoms with Crippen LogP contribution in [-0.2, 0) is 6.54 Å². The van der Waals surface area contributed by atoms with E-state index in [-0.39, 0.29) is 6.10 Å². The molecule has 3 aromatic rings. The highest BCUT2D eigenvalue weighted by Gasteiger charge is 2.06. The summed E-state index contributed by atoms with van der Waals surface area (Å²) in [7, 11) is 0. The minimum Gasteiger partial charge on any atom is -0.491 e. The maximum absolute atomic E-state index is 6.03. The van der Waals surface area contributed by atoms with Crippen molar-refractivity contribution in [3.8, 4) is 5.75 Å². The molecule has 0 saturated heterocycles. The minimum absolute atomic E-state index is 0.189. The zero-order valence-corrected chi connectivity index (χ0v) is 12.4. The lowest BCUT2D eigenvalue weighted by atomic mass is 10.2. The number of nitrogen functional groups attached to an aromatic ring is 1. The van der Waals surface area contributed by atoms with Crippen molar-refractivity contribution in [2.45, 2.75) is 26.5 Å². The Balaban J connectivity index is 1.92. The van der Waals surface area contributed by atoms with E-state index < -0.39 is 0 Å². The topological polar surface area (TPSA) is 40.2 Å². The lowest BCUT2D eigenvalue weighted by Gasteiger charge is -2.11. The quantitative estimate of drug-likeness (QED) is 0.732. The summed E-state index contributed by atoms with van der Waals surface area (Å²) in [5.41, 5.74) is 9.19. The fraction of sp³-hybridized carbons (Fsp3) is 0.222. The Bertz CT molecular complexity index is 759. The Morgan fingerprint density at radius 2 is 1.90 bits per heavy atom. The number of benzene rings is 2. The molecule has 3 rings (SSSR count). The van der Waals surface area contributed by atoms with Crippen LogP contribution in [0.4, 0.5) is 5.69 Å². The molecule has 0 spiro atoms. The zero-order chi connectivity index (χ0) is 14.8. The smallest absolute Gasteiger partial charge is 0.120 e. The van der Waals surface area contributed by atoms with E-state index in [1.54, 1.807) is 0 Å². The average molecular weight is 280 g/mol. The van der Waals surface area contributed by atoms with E-state index in [9.17, 15) is 0 Å². The summed E-state index contributed by atoms with van der Waals surface area (Å²) < 4.78 is 7.95. The van der Waals surface area contributed by atoms with Crippen molar-refractivity contribution >= 4 is 16.6 Å². The zero-order valence-electron chi connectivity index (χ0n) is 12.4. The standard InChI is InChI=1S/C18H20N2O/c1-13(2)21-16-7-8-18-14(11-16)9-10-20(18)12-15-5-3-4-6-17(15)19/h3-11,13H,12,19H2,1-2H3. The van der Waals surface area contributed by atoms with Crippen LogP contribution in [-0.4, -0.2) is 10.7 Å². The molecule has 1 aromatic heterocycles. The van der Waals surface area contributed by atoms with Gasteiger partial charge in [0, 0.05) is 29.3 Å². The van der Waals surface area contributed by atoms with Gasteiger partial charge in [0.25, 0.3) is 0 Å². The van der Waals surface area contributed by atoms with Gasteiger partial charge in [-0.15, -0.1) is 0 Å². The number of aromatic nitrogens is 1. The van der Waals surface area contributed by atoms with Crippen LogP contribution in [0.25, 0.3) is 10.9 Å². The number of nitrogens with zero attached hydrogens (tertiary/aromatic N) is 1. The van der Waals surface area contributed by atoms with Crippen molar-refractivity contribution in [2.75, 3.05) is 5.73 Å². The number of rotatable bonds is 4. The van der Waals surface area contributed by atoms with Crippen LogP contribution in [0.5, 0.6) is 5.75 Å². The Morgan fingerprint density at radius 3 is 2.67 bits per heavy atom. The third-order valence-corrected chi connectivity index (χ3v) is 3.51. The van der Waals surface area contributed by atoms with E-state index in [1.165, 1.54) is 10.9 Å². The third kappa shape index (κ3) is 2.87. The molecule has 0 saturated carbocycles. The van der Waals surface area contributed by atoms with Gasteiger partial charge in [-0.1, -0.05) is 18.2 Å². The maximum Gasteiger partial charge on any atom is 0.120 e. The highest BCUT2D eigenvalue weighted by Crippen LogP contribution is 2.24. The molecular weight excluding hydrogens is 260 g/mol. The summed E-state index contributed by atoms with van der Waals surface area (Å²) in [4.78, 5) is 0. The van der Waals surface area contributed by atoms with Crippen molar-refractivity contribution < 1.29 is 4.74 Å². The number of anilines is 1. The van der Waals surface area contributed by atoms with Crippen LogP contribution in [0.2, 0.25) is 0 Å². The second-order valence-electron chi connectivity index (χ2n) is 5.53. The van der Waals surface area contributed by atoms with Crippen molar-refractivity contribution in [1.82, 2.24) is 4.57 Å². The first kappa shape index (κ1) is 13.6. The molecule has 0 bridgehead atoms. The molecule has 0 aliphatic heterocycles.